The molecule has 7 nitrogen and oxygen atoms in total. The minimum Gasteiger partial charge on any atom is -0.497 e. The summed E-state index contributed by atoms with van der Waals surface area (Å²) in [6.07, 6.45) is 1.37. The highest BCUT2D eigenvalue weighted by Crippen LogP contribution is 2.33. The van der Waals surface area contributed by atoms with Gasteiger partial charge in [-0.2, -0.15) is 4.98 Å². The number of ether oxygens (including phenoxy) is 3. The van der Waals surface area contributed by atoms with Gasteiger partial charge in [0.15, 0.2) is 5.82 Å². The summed E-state index contributed by atoms with van der Waals surface area (Å²) < 4.78 is 15.5. The van der Waals surface area contributed by atoms with Crippen molar-refractivity contribution in [1.29, 1.82) is 0 Å². The Labute approximate surface area is 116 Å². The maximum Gasteiger partial charge on any atom is 0.242 e. The predicted octanol–water partition coefficient (Wildman–Crippen LogP) is 1.83. The van der Waals surface area contributed by atoms with Crippen LogP contribution in [0.5, 0.6) is 17.4 Å². The van der Waals surface area contributed by atoms with Gasteiger partial charge < -0.3 is 25.3 Å². The van der Waals surface area contributed by atoms with Crippen LogP contribution in [0.3, 0.4) is 0 Å². The Morgan fingerprint density at radius 2 is 1.85 bits per heavy atom. The molecule has 0 saturated heterocycles. The predicted molar refractivity (Wildman–Crippen MR) is 75.8 cm³/mol. The quantitative estimate of drug-likeness (QED) is 0.860. The van der Waals surface area contributed by atoms with Crippen LogP contribution in [-0.4, -0.2) is 31.3 Å². The highest BCUT2D eigenvalue weighted by molar-refractivity contribution is 5.75. The van der Waals surface area contributed by atoms with Crippen LogP contribution in [0.4, 0.5) is 17.2 Å². The Kier molecular flexibility index (Phi) is 4.09. The molecule has 7 heteroatoms. The molecule has 0 aliphatic heterocycles. The molecule has 0 bridgehead atoms. The molecule has 106 valence electrons. The molecule has 0 fully saturated rings. The van der Waals surface area contributed by atoms with E-state index in [-0.39, 0.29) is 0 Å². The van der Waals surface area contributed by atoms with Crippen molar-refractivity contribution in [3.63, 3.8) is 0 Å². The molecule has 0 atom stereocenters. The normalized spacial score (nSPS) is 9.95. The largest absolute Gasteiger partial charge is 0.497 e. The van der Waals surface area contributed by atoms with E-state index < -0.39 is 0 Å². The monoisotopic (exact) mass is 276 g/mol. The molecule has 2 aromatic rings. The summed E-state index contributed by atoms with van der Waals surface area (Å²) in [5, 5.41) is 3.08. The van der Waals surface area contributed by atoms with Crippen molar-refractivity contribution in [2.45, 2.75) is 0 Å². The number of nitrogens with two attached hydrogens (primary N) is 1. The molecular formula is C13H16N4O3. The van der Waals surface area contributed by atoms with Gasteiger partial charge in [-0.05, 0) is 12.1 Å². The van der Waals surface area contributed by atoms with Gasteiger partial charge in [0.25, 0.3) is 0 Å². The van der Waals surface area contributed by atoms with Gasteiger partial charge in [0.1, 0.15) is 23.5 Å². The first-order chi connectivity index (χ1) is 9.69. The lowest BCUT2D eigenvalue weighted by atomic mass is 10.2. The van der Waals surface area contributed by atoms with Crippen molar-refractivity contribution in [3.8, 4) is 17.4 Å². The Balaban J connectivity index is 2.35. The molecule has 0 spiro atoms. The third-order valence-corrected chi connectivity index (χ3v) is 2.70. The van der Waals surface area contributed by atoms with Crippen LogP contribution >= 0.6 is 0 Å². The maximum atomic E-state index is 5.91. The molecule has 0 amide bonds. The summed E-state index contributed by atoms with van der Waals surface area (Å²) in [7, 11) is 4.66. The Bertz CT molecular complexity index is 604. The van der Waals surface area contributed by atoms with E-state index in [1.807, 2.05) is 6.07 Å². The second kappa shape index (κ2) is 5.96. The van der Waals surface area contributed by atoms with Crippen molar-refractivity contribution in [2.75, 3.05) is 32.4 Å². The number of aromatic nitrogens is 2. The van der Waals surface area contributed by atoms with Crippen LogP contribution < -0.4 is 25.3 Å². The number of nitrogens with zero attached hydrogens (tertiary/aromatic N) is 2. The molecule has 2 rings (SSSR count). The minimum absolute atomic E-state index is 0.315. The number of rotatable bonds is 5. The fourth-order valence-corrected chi connectivity index (χ4v) is 1.67. The summed E-state index contributed by atoms with van der Waals surface area (Å²) in [4.78, 5) is 8.01. The van der Waals surface area contributed by atoms with Gasteiger partial charge in [-0.1, -0.05) is 0 Å². The number of hydrogen-bond donors (Lipinski definition) is 2. The lowest BCUT2D eigenvalue weighted by Crippen LogP contribution is -2.04. The van der Waals surface area contributed by atoms with Crippen molar-refractivity contribution in [3.05, 3.63) is 24.5 Å². The van der Waals surface area contributed by atoms with Crippen LogP contribution in [0.1, 0.15) is 0 Å². The number of hydrogen-bond acceptors (Lipinski definition) is 7. The van der Waals surface area contributed by atoms with E-state index in [0.717, 1.165) is 0 Å². The summed E-state index contributed by atoms with van der Waals surface area (Å²) in [5.74, 6) is 2.07. The van der Waals surface area contributed by atoms with Crippen molar-refractivity contribution >= 4 is 17.2 Å². The molecule has 0 aliphatic carbocycles. The first-order valence-electron chi connectivity index (χ1n) is 5.83. The van der Waals surface area contributed by atoms with Gasteiger partial charge in [0, 0.05) is 6.07 Å². The topological polar surface area (TPSA) is 91.5 Å². The fourth-order valence-electron chi connectivity index (χ4n) is 1.67. The van der Waals surface area contributed by atoms with Crippen LogP contribution in [0.15, 0.2) is 24.5 Å². The van der Waals surface area contributed by atoms with Crippen LogP contribution in [0.2, 0.25) is 0 Å². The first-order valence-corrected chi connectivity index (χ1v) is 5.83. The lowest BCUT2D eigenvalue weighted by molar-refractivity contribution is 0.395. The smallest absolute Gasteiger partial charge is 0.242 e. The second-order valence-corrected chi connectivity index (χ2v) is 3.84. The molecule has 1 heterocycles. The fraction of sp³-hybridized carbons (Fsp3) is 0.231. The molecule has 0 unspecified atom stereocenters. The molecule has 0 radical (unpaired) electrons. The SMILES string of the molecule is COc1ccc(Nc2ncnc(OC)c2N)c(OC)c1. The van der Waals surface area contributed by atoms with Gasteiger partial charge in [-0.3, -0.25) is 0 Å². The van der Waals surface area contributed by atoms with Crippen molar-refractivity contribution in [1.82, 2.24) is 9.97 Å². The molecule has 1 aromatic carbocycles. The summed E-state index contributed by atoms with van der Waals surface area (Å²) >= 11 is 0. The van der Waals surface area contributed by atoms with E-state index in [4.69, 9.17) is 19.9 Å². The molecule has 3 N–H and O–H groups in total. The Morgan fingerprint density at radius 3 is 2.50 bits per heavy atom. The van der Waals surface area contributed by atoms with Crippen LogP contribution in [-0.2, 0) is 0 Å². The number of nitrogens with one attached hydrogen (secondary N) is 1. The number of benzene rings is 1. The molecule has 20 heavy (non-hydrogen) atoms. The average Bonchev–Trinajstić information content (AvgIpc) is 2.49. The van der Waals surface area contributed by atoms with E-state index in [1.165, 1.54) is 13.4 Å². The third-order valence-electron chi connectivity index (χ3n) is 2.70. The first kappa shape index (κ1) is 13.7. The summed E-state index contributed by atoms with van der Waals surface area (Å²) in [5.41, 5.74) is 6.95. The summed E-state index contributed by atoms with van der Waals surface area (Å²) in [6.45, 7) is 0. The minimum atomic E-state index is 0.315. The van der Waals surface area contributed by atoms with Crippen LogP contribution in [0.25, 0.3) is 0 Å². The number of nitrogen functional groups attached to an aromatic ring is 1. The maximum absolute atomic E-state index is 5.91. The van der Waals surface area contributed by atoms with Gasteiger partial charge in [-0.25, -0.2) is 4.98 Å². The third kappa shape index (κ3) is 2.66. The van der Waals surface area contributed by atoms with E-state index >= 15 is 0 Å². The van der Waals surface area contributed by atoms with E-state index in [1.54, 1.807) is 26.4 Å². The number of methoxy groups -OCH3 is 3. The van der Waals surface area contributed by atoms with Crippen LogP contribution in [0, 0.1) is 0 Å². The Hall–Kier alpha value is -2.70. The van der Waals surface area contributed by atoms with E-state index in [9.17, 15) is 0 Å². The van der Waals surface area contributed by atoms with Gasteiger partial charge in [-0.15, -0.1) is 0 Å². The molecule has 0 aliphatic rings. The van der Waals surface area contributed by atoms with Crippen molar-refractivity contribution in [2.24, 2.45) is 0 Å². The average molecular weight is 276 g/mol. The zero-order chi connectivity index (χ0) is 14.5. The standard InChI is InChI=1S/C13H16N4O3/c1-18-8-4-5-9(10(6-8)19-2)17-12-11(14)13(20-3)16-7-15-12/h4-7H,14H2,1-3H3,(H,15,16,17). The van der Waals surface area contributed by atoms with Crippen molar-refractivity contribution < 1.29 is 14.2 Å². The number of anilines is 3. The Morgan fingerprint density at radius 1 is 1.05 bits per heavy atom. The highest BCUT2D eigenvalue weighted by Gasteiger charge is 2.11. The summed E-state index contributed by atoms with van der Waals surface area (Å²) in [6, 6.07) is 5.38. The van der Waals surface area contributed by atoms with Gasteiger partial charge in [0.05, 0.1) is 27.0 Å². The molecule has 1 aromatic heterocycles. The zero-order valence-corrected chi connectivity index (χ0v) is 11.5. The van der Waals surface area contributed by atoms with E-state index in [0.29, 0.717) is 34.6 Å². The molecule has 0 saturated carbocycles. The molecular weight excluding hydrogens is 260 g/mol. The highest BCUT2D eigenvalue weighted by atomic mass is 16.5. The second-order valence-electron chi connectivity index (χ2n) is 3.84. The van der Waals surface area contributed by atoms with Gasteiger partial charge in [0.2, 0.25) is 5.88 Å². The lowest BCUT2D eigenvalue weighted by Gasteiger charge is -2.13. The van der Waals surface area contributed by atoms with Gasteiger partial charge >= 0.3 is 0 Å². The zero-order valence-electron chi connectivity index (χ0n) is 11.5. The van der Waals surface area contributed by atoms with E-state index in [2.05, 4.69) is 15.3 Å².